The van der Waals surface area contributed by atoms with Crippen LogP contribution in [-0.4, -0.2) is 37.8 Å². The number of pyridine rings is 1. The Balaban J connectivity index is 1.83. The van der Waals surface area contributed by atoms with E-state index in [2.05, 4.69) is 26.2 Å². The molecule has 120 valence electrons. The van der Waals surface area contributed by atoms with Crippen LogP contribution in [0, 0.1) is 5.41 Å². The lowest BCUT2D eigenvalue weighted by Gasteiger charge is -2.51. The molecule has 2 aliphatic rings. The quantitative estimate of drug-likeness (QED) is 0.653. The number of methoxy groups -OCH3 is 1. The molecule has 1 saturated heterocycles. The van der Waals surface area contributed by atoms with Crippen LogP contribution in [0.3, 0.4) is 0 Å². The van der Waals surface area contributed by atoms with E-state index in [-0.39, 0.29) is 12.6 Å². The lowest BCUT2D eigenvalue weighted by atomic mass is 9.64. The SMILES string of the molecule is COC(=O)COC1(c2cccnc2Br)CCC2(CC1)CNC2. The van der Waals surface area contributed by atoms with E-state index in [1.165, 1.54) is 7.11 Å². The molecule has 2 fully saturated rings. The highest BCUT2D eigenvalue weighted by molar-refractivity contribution is 9.10. The lowest BCUT2D eigenvalue weighted by molar-refractivity contribution is -0.160. The van der Waals surface area contributed by atoms with Gasteiger partial charge in [-0.25, -0.2) is 9.78 Å². The van der Waals surface area contributed by atoms with Gasteiger partial charge >= 0.3 is 5.97 Å². The zero-order valence-electron chi connectivity index (χ0n) is 12.7. The predicted molar refractivity (Wildman–Crippen MR) is 85.4 cm³/mol. The second-order valence-electron chi connectivity index (χ2n) is 6.30. The van der Waals surface area contributed by atoms with Crippen molar-refractivity contribution >= 4 is 21.9 Å². The first kappa shape index (κ1) is 15.9. The van der Waals surface area contributed by atoms with Crippen molar-refractivity contribution in [2.24, 2.45) is 5.41 Å². The summed E-state index contributed by atoms with van der Waals surface area (Å²) < 4.78 is 11.6. The Labute approximate surface area is 138 Å². The number of halogens is 1. The molecule has 6 heteroatoms. The summed E-state index contributed by atoms with van der Waals surface area (Å²) in [4.78, 5) is 15.8. The maximum absolute atomic E-state index is 11.5. The van der Waals surface area contributed by atoms with E-state index in [1.807, 2.05) is 12.1 Å². The molecule has 1 saturated carbocycles. The minimum atomic E-state index is -0.456. The normalized spacial score (nSPS) is 22.1. The Kier molecular flexibility index (Phi) is 4.52. The van der Waals surface area contributed by atoms with E-state index in [1.54, 1.807) is 6.20 Å². The van der Waals surface area contributed by atoms with E-state index < -0.39 is 5.60 Å². The van der Waals surface area contributed by atoms with E-state index in [9.17, 15) is 4.79 Å². The molecule has 1 aliphatic carbocycles. The van der Waals surface area contributed by atoms with Crippen LogP contribution in [0.15, 0.2) is 22.9 Å². The minimum Gasteiger partial charge on any atom is -0.467 e. The van der Waals surface area contributed by atoms with Crippen molar-refractivity contribution in [3.63, 3.8) is 0 Å². The minimum absolute atomic E-state index is 0.0247. The molecule has 0 unspecified atom stereocenters. The Bertz CT molecular complexity index is 550. The molecule has 22 heavy (non-hydrogen) atoms. The summed E-state index contributed by atoms with van der Waals surface area (Å²) in [6.07, 6.45) is 5.75. The molecule has 2 heterocycles. The third kappa shape index (κ3) is 2.92. The van der Waals surface area contributed by atoms with Gasteiger partial charge in [-0.1, -0.05) is 6.07 Å². The lowest BCUT2D eigenvalue weighted by Crippen LogP contribution is -2.57. The summed E-state index contributed by atoms with van der Waals surface area (Å²) in [5.74, 6) is -0.343. The van der Waals surface area contributed by atoms with E-state index in [4.69, 9.17) is 9.47 Å². The highest BCUT2D eigenvalue weighted by Crippen LogP contribution is 2.50. The number of rotatable bonds is 4. The van der Waals surface area contributed by atoms with Crippen LogP contribution in [-0.2, 0) is 19.9 Å². The summed E-state index contributed by atoms with van der Waals surface area (Å²) in [5, 5.41) is 3.37. The number of nitrogens with one attached hydrogen (secondary N) is 1. The maximum Gasteiger partial charge on any atom is 0.331 e. The van der Waals surface area contributed by atoms with Gasteiger partial charge in [0.15, 0.2) is 0 Å². The predicted octanol–water partition coefficient (Wildman–Crippen LogP) is 2.39. The fraction of sp³-hybridized carbons (Fsp3) is 0.625. The summed E-state index contributed by atoms with van der Waals surface area (Å²) >= 11 is 3.53. The molecule has 3 rings (SSSR count). The van der Waals surface area contributed by atoms with E-state index >= 15 is 0 Å². The summed E-state index contributed by atoms with van der Waals surface area (Å²) in [6, 6.07) is 3.95. The van der Waals surface area contributed by atoms with E-state index in [0.29, 0.717) is 5.41 Å². The Hall–Kier alpha value is -0.980. The molecule has 0 atom stereocenters. The Morgan fingerprint density at radius 3 is 2.64 bits per heavy atom. The van der Waals surface area contributed by atoms with Crippen LogP contribution >= 0.6 is 15.9 Å². The van der Waals surface area contributed by atoms with Gasteiger partial charge in [0.1, 0.15) is 11.2 Å². The third-order valence-electron chi connectivity index (χ3n) is 5.06. The second kappa shape index (κ2) is 6.26. The third-order valence-corrected chi connectivity index (χ3v) is 5.69. The van der Waals surface area contributed by atoms with Crippen LogP contribution in [0.4, 0.5) is 0 Å². The number of carbonyl (C=O) groups is 1. The van der Waals surface area contributed by atoms with Crippen LogP contribution in [0.5, 0.6) is 0 Å². The highest BCUT2D eigenvalue weighted by atomic mass is 79.9. The number of ether oxygens (including phenoxy) is 2. The number of hydrogen-bond acceptors (Lipinski definition) is 5. The molecule has 1 aromatic heterocycles. The molecule has 0 aromatic carbocycles. The molecular weight excluding hydrogens is 348 g/mol. The molecule has 1 aromatic rings. The summed E-state index contributed by atoms with van der Waals surface area (Å²) in [5.41, 5.74) is 0.996. The van der Waals surface area contributed by atoms with Crippen LogP contribution in [0.25, 0.3) is 0 Å². The van der Waals surface area contributed by atoms with Crippen molar-refractivity contribution in [2.75, 3.05) is 26.8 Å². The van der Waals surface area contributed by atoms with Gasteiger partial charge in [0.2, 0.25) is 0 Å². The molecular formula is C16H21BrN2O3. The Morgan fingerprint density at radius 1 is 1.36 bits per heavy atom. The van der Waals surface area contributed by atoms with Gasteiger partial charge in [0.25, 0.3) is 0 Å². The summed E-state index contributed by atoms with van der Waals surface area (Å²) in [6.45, 7) is 2.16. The molecule has 5 nitrogen and oxygen atoms in total. The topological polar surface area (TPSA) is 60.5 Å². The monoisotopic (exact) mass is 368 g/mol. The van der Waals surface area contributed by atoms with Crippen molar-refractivity contribution in [1.29, 1.82) is 0 Å². The van der Waals surface area contributed by atoms with Gasteiger partial charge in [-0.3, -0.25) is 0 Å². The van der Waals surface area contributed by atoms with E-state index in [0.717, 1.165) is 48.9 Å². The van der Waals surface area contributed by atoms with Gasteiger partial charge < -0.3 is 14.8 Å². The van der Waals surface area contributed by atoms with Gasteiger partial charge in [-0.15, -0.1) is 0 Å². The largest absolute Gasteiger partial charge is 0.467 e. The van der Waals surface area contributed by atoms with Gasteiger partial charge in [0.05, 0.1) is 12.7 Å². The van der Waals surface area contributed by atoms with Crippen molar-refractivity contribution in [2.45, 2.75) is 31.3 Å². The number of esters is 1. The zero-order chi connectivity index (χ0) is 15.6. The first-order valence-corrected chi connectivity index (χ1v) is 8.41. The average molecular weight is 369 g/mol. The fourth-order valence-corrected chi connectivity index (χ4v) is 4.10. The molecule has 1 spiro atoms. The van der Waals surface area contributed by atoms with Gasteiger partial charge in [0, 0.05) is 24.8 Å². The molecule has 1 aliphatic heterocycles. The first-order chi connectivity index (χ1) is 10.6. The van der Waals surface area contributed by atoms with Gasteiger partial charge in [-0.2, -0.15) is 0 Å². The van der Waals surface area contributed by atoms with Crippen LogP contribution < -0.4 is 5.32 Å². The smallest absolute Gasteiger partial charge is 0.331 e. The van der Waals surface area contributed by atoms with Crippen LogP contribution in [0.1, 0.15) is 31.2 Å². The van der Waals surface area contributed by atoms with Gasteiger partial charge in [-0.05, 0) is 53.1 Å². The standard InChI is InChI=1S/C16H21BrN2O3/c1-21-13(20)9-22-16(12-3-2-8-19-14(12)17)6-4-15(5-7-16)10-18-11-15/h2-3,8,18H,4-7,9-11H2,1H3. The number of carbonyl (C=O) groups excluding carboxylic acids is 1. The molecule has 1 N–H and O–H groups in total. The number of hydrogen-bond donors (Lipinski definition) is 1. The average Bonchev–Trinajstić information content (AvgIpc) is 2.52. The second-order valence-corrected chi connectivity index (χ2v) is 7.06. The number of aromatic nitrogens is 1. The molecule has 0 bridgehead atoms. The maximum atomic E-state index is 11.5. The van der Waals surface area contributed by atoms with Crippen molar-refractivity contribution in [3.8, 4) is 0 Å². The Morgan fingerprint density at radius 2 is 2.09 bits per heavy atom. The van der Waals surface area contributed by atoms with Crippen molar-refractivity contribution in [1.82, 2.24) is 10.3 Å². The fourth-order valence-electron chi connectivity index (χ4n) is 3.49. The highest BCUT2D eigenvalue weighted by Gasteiger charge is 2.48. The van der Waals surface area contributed by atoms with Crippen LogP contribution in [0.2, 0.25) is 0 Å². The molecule has 0 amide bonds. The van der Waals surface area contributed by atoms with Crippen molar-refractivity contribution < 1.29 is 14.3 Å². The summed E-state index contributed by atoms with van der Waals surface area (Å²) in [7, 11) is 1.38. The van der Waals surface area contributed by atoms with Crippen molar-refractivity contribution in [3.05, 3.63) is 28.5 Å². The molecule has 0 radical (unpaired) electrons. The first-order valence-electron chi connectivity index (χ1n) is 7.62. The zero-order valence-corrected chi connectivity index (χ0v) is 14.3. The number of nitrogens with zero attached hydrogens (tertiary/aromatic N) is 1.